The van der Waals surface area contributed by atoms with Gasteiger partial charge in [-0.05, 0) is 69.2 Å². The molecule has 10 heteroatoms. The summed E-state index contributed by atoms with van der Waals surface area (Å²) >= 11 is 0. The van der Waals surface area contributed by atoms with Crippen molar-refractivity contribution in [3.05, 3.63) is 83.9 Å². The number of rotatable bonds is 14. The SMILES string of the molecule is CCNC(=O)[C@H](CC)N(Cc1ccc(OC)cc1)C(=O)CN(c1ccccc1OCC)S(=O)(=O)c1ccc(C)cc1. The van der Waals surface area contributed by atoms with Crippen LogP contribution in [-0.4, -0.2) is 58.0 Å². The average molecular weight is 582 g/mol. The normalized spacial score (nSPS) is 11.8. The summed E-state index contributed by atoms with van der Waals surface area (Å²) in [6.07, 6.45) is 0.341. The fourth-order valence-corrected chi connectivity index (χ4v) is 5.86. The topological polar surface area (TPSA) is 105 Å². The van der Waals surface area contributed by atoms with Crippen molar-refractivity contribution < 1.29 is 27.5 Å². The Bertz CT molecular complexity index is 1410. The van der Waals surface area contributed by atoms with Gasteiger partial charge in [0.1, 0.15) is 24.1 Å². The highest BCUT2D eigenvalue weighted by Crippen LogP contribution is 2.33. The number of para-hydroxylation sites is 2. The summed E-state index contributed by atoms with van der Waals surface area (Å²) in [6, 6.07) is 19.5. The molecule has 0 unspecified atom stereocenters. The van der Waals surface area contributed by atoms with Crippen LogP contribution in [0.1, 0.15) is 38.3 Å². The van der Waals surface area contributed by atoms with Crippen molar-refractivity contribution in [2.24, 2.45) is 0 Å². The van der Waals surface area contributed by atoms with Crippen LogP contribution in [-0.2, 0) is 26.2 Å². The molecule has 0 aliphatic heterocycles. The number of anilines is 1. The van der Waals surface area contributed by atoms with Crippen LogP contribution >= 0.6 is 0 Å². The highest BCUT2D eigenvalue weighted by molar-refractivity contribution is 7.92. The standard InChI is InChI=1S/C31H39N3O6S/c1-6-27(31(36)32-7-2)33(21-24-15-17-25(39-5)18-16-24)30(35)22-34(28-11-9-10-12-29(28)40-8-3)41(37,38)26-19-13-23(4)14-20-26/h9-20,27H,6-8,21-22H2,1-5H3,(H,32,36)/t27-/m0/s1. The molecule has 0 saturated carbocycles. The van der Waals surface area contributed by atoms with Crippen molar-refractivity contribution in [1.29, 1.82) is 0 Å². The molecule has 1 N–H and O–H groups in total. The molecule has 1 atom stereocenters. The van der Waals surface area contributed by atoms with E-state index in [1.54, 1.807) is 69.5 Å². The molecule has 2 amide bonds. The van der Waals surface area contributed by atoms with Crippen LogP contribution < -0.4 is 19.1 Å². The fraction of sp³-hybridized carbons (Fsp3) is 0.355. The van der Waals surface area contributed by atoms with E-state index in [0.29, 0.717) is 31.1 Å². The Kier molecular flexibility index (Phi) is 11.2. The second kappa shape index (κ2) is 14.5. The minimum absolute atomic E-state index is 0.0414. The van der Waals surface area contributed by atoms with Gasteiger partial charge >= 0.3 is 0 Å². The lowest BCUT2D eigenvalue weighted by Gasteiger charge is -2.33. The predicted octanol–water partition coefficient (Wildman–Crippen LogP) is 4.54. The van der Waals surface area contributed by atoms with Gasteiger partial charge in [0.2, 0.25) is 11.8 Å². The average Bonchev–Trinajstić information content (AvgIpc) is 2.97. The minimum Gasteiger partial charge on any atom is -0.497 e. The number of hydrogen-bond acceptors (Lipinski definition) is 6. The summed E-state index contributed by atoms with van der Waals surface area (Å²) < 4.78 is 40.2. The van der Waals surface area contributed by atoms with E-state index in [0.717, 1.165) is 15.4 Å². The van der Waals surface area contributed by atoms with Crippen molar-refractivity contribution in [2.45, 2.75) is 51.6 Å². The quantitative estimate of drug-likeness (QED) is 0.300. The molecule has 220 valence electrons. The number of aryl methyl sites for hydroxylation is 1. The third-order valence-electron chi connectivity index (χ3n) is 6.57. The molecule has 41 heavy (non-hydrogen) atoms. The molecule has 9 nitrogen and oxygen atoms in total. The molecule has 0 saturated heterocycles. The number of hydrogen-bond donors (Lipinski definition) is 1. The van der Waals surface area contributed by atoms with Gasteiger partial charge in [0.25, 0.3) is 10.0 Å². The van der Waals surface area contributed by atoms with Gasteiger partial charge in [0.15, 0.2) is 0 Å². The molecule has 0 radical (unpaired) electrons. The molecule has 3 aromatic carbocycles. The second-order valence-electron chi connectivity index (χ2n) is 9.41. The maximum atomic E-state index is 14.1. The van der Waals surface area contributed by atoms with Gasteiger partial charge in [-0.25, -0.2) is 8.42 Å². The third kappa shape index (κ3) is 7.79. The zero-order chi connectivity index (χ0) is 30.0. The summed E-state index contributed by atoms with van der Waals surface area (Å²) in [6.45, 7) is 7.56. The molecule has 0 heterocycles. The van der Waals surface area contributed by atoms with E-state index in [1.807, 2.05) is 26.0 Å². The smallest absolute Gasteiger partial charge is 0.264 e. The zero-order valence-electron chi connectivity index (χ0n) is 24.3. The summed E-state index contributed by atoms with van der Waals surface area (Å²) in [4.78, 5) is 28.7. The minimum atomic E-state index is -4.20. The first-order valence-corrected chi connectivity index (χ1v) is 15.1. The lowest BCUT2D eigenvalue weighted by molar-refractivity contribution is -0.140. The van der Waals surface area contributed by atoms with Crippen LogP contribution in [0, 0.1) is 6.92 Å². The van der Waals surface area contributed by atoms with Gasteiger partial charge in [-0.2, -0.15) is 0 Å². The van der Waals surface area contributed by atoms with E-state index in [4.69, 9.17) is 9.47 Å². The van der Waals surface area contributed by atoms with Crippen molar-refractivity contribution in [1.82, 2.24) is 10.2 Å². The Labute approximate surface area is 243 Å². The Hall–Kier alpha value is -4.05. The molecular formula is C31H39N3O6S. The van der Waals surface area contributed by atoms with Crippen molar-refractivity contribution in [3.8, 4) is 11.5 Å². The van der Waals surface area contributed by atoms with Crippen molar-refractivity contribution in [3.63, 3.8) is 0 Å². The molecular weight excluding hydrogens is 542 g/mol. The maximum absolute atomic E-state index is 14.1. The van der Waals surface area contributed by atoms with E-state index in [-0.39, 0.29) is 23.0 Å². The van der Waals surface area contributed by atoms with Gasteiger partial charge in [0.05, 0.1) is 24.3 Å². The second-order valence-corrected chi connectivity index (χ2v) is 11.3. The zero-order valence-corrected chi connectivity index (χ0v) is 25.1. The number of sulfonamides is 1. The monoisotopic (exact) mass is 581 g/mol. The summed E-state index contributed by atoms with van der Waals surface area (Å²) in [5.41, 5.74) is 1.91. The van der Waals surface area contributed by atoms with Gasteiger partial charge in [0, 0.05) is 13.1 Å². The number of likely N-dealkylation sites (N-methyl/N-ethyl adjacent to an activating group) is 1. The fourth-order valence-electron chi connectivity index (χ4n) is 4.43. The van der Waals surface area contributed by atoms with E-state index in [9.17, 15) is 18.0 Å². The van der Waals surface area contributed by atoms with Gasteiger partial charge in [-0.1, -0.05) is 48.9 Å². The first-order valence-electron chi connectivity index (χ1n) is 13.7. The molecule has 3 rings (SSSR count). The first-order chi connectivity index (χ1) is 19.7. The number of nitrogens with zero attached hydrogens (tertiary/aromatic N) is 2. The van der Waals surface area contributed by atoms with E-state index >= 15 is 0 Å². The number of methoxy groups -OCH3 is 1. The number of carbonyl (C=O) groups is 2. The molecule has 0 aromatic heterocycles. The molecule has 0 fully saturated rings. The molecule has 0 aliphatic rings. The third-order valence-corrected chi connectivity index (χ3v) is 8.34. The van der Waals surface area contributed by atoms with Gasteiger partial charge in [-0.3, -0.25) is 13.9 Å². The highest BCUT2D eigenvalue weighted by atomic mass is 32.2. The van der Waals surface area contributed by atoms with Crippen LogP contribution in [0.2, 0.25) is 0 Å². The maximum Gasteiger partial charge on any atom is 0.264 e. The summed E-state index contributed by atoms with van der Waals surface area (Å²) in [5.74, 6) is 0.154. The predicted molar refractivity (Wildman–Crippen MR) is 160 cm³/mol. The van der Waals surface area contributed by atoms with Crippen LogP contribution in [0.25, 0.3) is 0 Å². The lowest BCUT2D eigenvalue weighted by Crippen LogP contribution is -2.52. The van der Waals surface area contributed by atoms with Crippen molar-refractivity contribution in [2.75, 3.05) is 31.1 Å². The van der Waals surface area contributed by atoms with Gasteiger partial charge < -0.3 is 19.7 Å². The van der Waals surface area contributed by atoms with Crippen LogP contribution in [0.4, 0.5) is 5.69 Å². The van der Waals surface area contributed by atoms with E-state index in [2.05, 4.69) is 5.32 Å². The number of carbonyl (C=O) groups excluding carboxylic acids is 2. The Morgan fingerprint density at radius 3 is 2.17 bits per heavy atom. The Morgan fingerprint density at radius 1 is 0.927 bits per heavy atom. The summed E-state index contributed by atoms with van der Waals surface area (Å²) in [7, 11) is -2.63. The van der Waals surface area contributed by atoms with Crippen LogP contribution in [0.3, 0.4) is 0 Å². The van der Waals surface area contributed by atoms with Gasteiger partial charge in [-0.15, -0.1) is 0 Å². The van der Waals surface area contributed by atoms with E-state index in [1.165, 1.54) is 17.0 Å². The number of benzene rings is 3. The number of ether oxygens (including phenoxy) is 2. The first kappa shape index (κ1) is 31.5. The molecule has 0 aliphatic carbocycles. The largest absolute Gasteiger partial charge is 0.497 e. The van der Waals surface area contributed by atoms with Crippen LogP contribution in [0.5, 0.6) is 11.5 Å². The Morgan fingerprint density at radius 2 is 1.59 bits per heavy atom. The van der Waals surface area contributed by atoms with Crippen molar-refractivity contribution >= 4 is 27.5 Å². The molecule has 0 bridgehead atoms. The molecule has 3 aromatic rings. The lowest BCUT2D eigenvalue weighted by atomic mass is 10.1. The van der Waals surface area contributed by atoms with E-state index < -0.39 is 28.5 Å². The number of nitrogens with one attached hydrogen (secondary N) is 1. The number of amides is 2. The van der Waals surface area contributed by atoms with Crippen LogP contribution in [0.15, 0.2) is 77.7 Å². The highest BCUT2D eigenvalue weighted by Gasteiger charge is 2.34. The summed E-state index contributed by atoms with van der Waals surface area (Å²) in [5, 5.41) is 2.80. The molecule has 0 spiro atoms. The Balaban J connectivity index is 2.10.